The maximum Gasteiger partial charge on any atom is 0.192 e. The lowest BCUT2D eigenvalue weighted by Gasteiger charge is -2.41. The maximum absolute atomic E-state index is 9.98. The minimum atomic E-state index is -1.83. The van der Waals surface area contributed by atoms with Gasteiger partial charge >= 0.3 is 0 Å². The van der Waals surface area contributed by atoms with Gasteiger partial charge in [0.15, 0.2) is 8.32 Å². The van der Waals surface area contributed by atoms with Crippen LogP contribution in [0.2, 0.25) is 18.1 Å². The summed E-state index contributed by atoms with van der Waals surface area (Å²) in [4.78, 5) is 0. The molecule has 0 fully saturated rings. The quantitative estimate of drug-likeness (QED) is 0.733. The molecule has 0 unspecified atom stereocenters. The molecule has 0 aromatic rings. The number of aliphatic hydroxyl groups is 2. The molecule has 110 valence electrons. The summed E-state index contributed by atoms with van der Waals surface area (Å²) in [7, 11) is -1.83. The summed E-state index contributed by atoms with van der Waals surface area (Å²) >= 11 is 0. The van der Waals surface area contributed by atoms with Crippen LogP contribution in [-0.2, 0) is 4.43 Å². The molecule has 0 heterocycles. The van der Waals surface area contributed by atoms with E-state index >= 15 is 0 Å². The lowest BCUT2D eigenvalue weighted by Crippen LogP contribution is -2.48. The molecule has 0 aromatic carbocycles. The van der Waals surface area contributed by atoms with E-state index < -0.39 is 20.5 Å². The molecule has 0 bridgehead atoms. The van der Waals surface area contributed by atoms with Crippen LogP contribution in [0.25, 0.3) is 0 Å². The van der Waals surface area contributed by atoms with Gasteiger partial charge in [0.25, 0.3) is 0 Å². The molecule has 2 N–H and O–H groups in total. The van der Waals surface area contributed by atoms with Crippen LogP contribution in [0.5, 0.6) is 0 Å². The molecule has 0 radical (unpaired) electrons. The van der Waals surface area contributed by atoms with E-state index in [4.69, 9.17) is 4.43 Å². The Hall–Kier alpha value is 0.0969. The summed E-state index contributed by atoms with van der Waals surface area (Å²) in [5, 5.41) is 19.6. The van der Waals surface area contributed by atoms with Crippen molar-refractivity contribution in [1.82, 2.24) is 0 Å². The van der Waals surface area contributed by atoms with Crippen LogP contribution in [0, 0.1) is 5.92 Å². The number of rotatable bonds is 6. The van der Waals surface area contributed by atoms with Gasteiger partial charge in [-0.15, -0.1) is 0 Å². The first-order valence-corrected chi connectivity index (χ1v) is 9.88. The highest BCUT2D eigenvalue weighted by molar-refractivity contribution is 6.74. The smallest absolute Gasteiger partial charge is 0.192 e. The predicted octanol–water partition coefficient (Wildman–Crippen LogP) is 3.16. The van der Waals surface area contributed by atoms with Gasteiger partial charge in [-0.3, -0.25) is 0 Å². The van der Waals surface area contributed by atoms with Crippen molar-refractivity contribution in [2.75, 3.05) is 0 Å². The van der Waals surface area contributed by atoms with Crippen molar-refractivity contribution in [3.05, 3.63) is 0 Å². The zero-order chi connectivity index (χ0) is 14.7. The van der Waals surface area contributed by atoms with Crippen molar-refractivity contribution in [2.45, 2.75) is 84.4 Å². The average molecular weight is 276 g/mol. The summed E-state index contributed by atoms with van der Waals surface area (Å²) in [6, 6.07) is 0. The Labute approximate surface area is 114 Å². The first kappa shape index (κ1) is 18.1. The molecule has 4 heteroatoms. The van der Waals surface area contributed by atoms with Gasteiger partial charge in [-0.1, -0.05) is 34.6 Å². The third-order valence-electron chi connectivity index (χ3n) is 4.27. The molecule has 0 saturated heterocycles. The van der Waals surface area contributed by atoms with Crippen LogP contribution >= 0.6 is 0 Å². The number of hydrogen-bond acceptors (Lipinski definition) is 3. The second kappa shape index (κ2) is 6.50. The summed E-state index contributed by atoms with van der Waals surface area (Å²) < 4.78 is 6.35. The van der Waals surface area contributed by atoms with Gasteiger partial charge in [0.2, 0.25) is 0 Å². The molecule has 0 saturated carbocycles. The average Bonchev–Trinajstić information content (AvgIpc) is 2.22. The summed E-state index contributed by atoms with van der Waals surface area (Å²) in [5.74, 6) is -0.0517. The highest BCUT2D eigenvalue weighted by Crippen LogP contribution is 2.38. The Bertz CT molecular complexity index is 246. The molecular weight excluding hydrogens is 244 g/mol. The predicted molar refractivity (Wildman–Crippen MR) is 79.2 cm³/mol. The molecule has 18 heavy (non-hydrogen) atoms. The minimum Gasteiger partial charge on any atom is -0.414 e. The zero-order valence-electron chi connectivity index (χ0n) is 13.3. The fraction of sp³-hybridized carbons (Fsp3) is 1.00. The molecule has 0 aliphatic heterocycles. The first-order chi connectivity index (χ1) is 7.94. The normalized spacial score (nSPS) is 20.3. The molecule has 4 atom stereocenters. The topological polar surface area (TPSA) is 49.7 Å². The maximum atomic E-state index is 9.98. The van der Waals surface area contributed by atoms with Gasteiger partial charge in [-0.05, 0) is 31.5 Å². The molecular formula is C14H32O3Si. The molecule has 0 aliphatic rings. The molecule has 0 amide bonds. The molecule has 3 nitrogen and oxygen atoms in total. The van der Waals surface area contributed by atoms with Crippen LogP contribution in [0.4, 0.5) is 0 Å². The van der Waals surface area contributed by atoms with E-state index in [0.717, 1.165) is 6.42 Å². The lowest BCUT2D eigenvalue weighted by atomic mass is 9.93. The third kappa shape index (κ3) is 4.65. The third-order valence-corrected chi connectivity index (χ3v) is 8.78. The van der Waals surface area contributed by atoms with E-state index in [0.29, 0.717) is 0 Å². The van der Waals surface area contributed by atoms with E-state index in [9.17, 15) is 10.2 Å². The fourth-order valence-corrected chi connectivity index (χ4v) is 3.27. The SMILES string of the molecule is CC[C@H](O[Si](C)(C)C(C)(C)C)[C@H](C)[C@H](O)[C@@H](C)O. The molecule has 0 aliphatic carbocycles. The molecule has 0 aromatic heterocycles. The minimum absolute atomic E-state index is 0.00971. The van der Waals surface area contributed by atoms with E-state index in [2.05, 4.69) is 40.8 Å². The Kier molecular flexibility index (Phi) is 6.54. The van der Waals surface area contributed by atoms with Crippen LogP contribution < -0.4 is 0 Å². The highest BCUT2D eigenvalue weighted by atomic mass is 28.4. The first-order valence-electron chi connectivity index (χ1n) is 6.98. The van der Waals surface area contributed by atoms with Gasteiger partial charge in [-0.2, -0.15) is 0 Å². The second-order valence-corrected chi connectivity index (χ2v) is 11.7. The van der Waals surface area contributed by atoms with Crippen molar-refractivity contribution < 1.29 is 14.6 Å². The summed E-state index contributed by atoms with van der Waals surface area (Å²) in [5.41, 5.74) is 0. The Morgan fingerprint density at radius 1 is 1.11 bits per heavy atom. The Balaban J connectivity index is 4.81. The van der Waals surface area contributed by atoms with Crippen molar-refractivity contribution in [2.24, 2.45) is 5.92 Å². The number of hydrogen-bond donors (Lipinski definition) is 2. The van der Waals surface area contributed by atoms with Crippen LogP contribution in [-0.4, -0.2) is 36.8 Å². The zero-order valence-corrected chi connectivity index (χ0v) is 14.3. The van der Waals surface area contributed by atoms with Gasteiger partial charge < -0.3 is 14.6 Å². The van der Waals surface area contributed by atoms with Gasteiger partial charge in [0.05, 0.1) is 12.2 Å². The Morgan fingerprint density at radius 3 is 1.83 bits per heavy atom. The second-order valence-electron chi connectivity index (χ2n) is 6.92. The monoisotopic (exact) mass is 276 g/mol. The van der Waals surface area contributed by atoms with Gasteiger partial charge in [-0.25, -0.2) is 0 Å². The lowest BCUT2D eigenvalue weighted by molar-refractivity contribution is -0.0411. The van der Waals surface area contributed by atoms with E-state index in [1.54, 1.807) is 6.92 Å². The van der Waals surface area contributed by atoms with Crippen molar-refractivity contribution in [3.8, 4) is 0 Å². The van der Waals surface area contributed by atoms with E-state index in [1.165, 1.54) is 0 Å². The molecule has 0 spiro atoms. The van der Waals surface area contributed by atoms with Crippen LogP contribution in [0.3, 0.4) is 0 Å². The standard InChI is InChI=1S/C14H32O3Si/c1-9-12(10(2)13(16)11(3)15)17-18(7,8)14(4,5)6/h10-13,15-16H,9H2,1-8H3/t10-,11+,12-,13-/m0/s1. The largest absolute Gasteiger partial charge is 0.414 e. The van der Waals surface area contributed by atoms with Crippen molar-refractivity contribution in [3.63, 3.8) is 0 Å². The highest BCUT2D eigenvalue weighted by Gasteiger charge is 2.40. The molecule has 0 rings (SSSR count). The van der Waals surface area contributed by atoms with Crippen LogP contribution in [0.15, 0.2) is 0 Å². The summed E-state index contributed by atoms with van der Waals surface area (Å²) in [6.07, 6.45) is -0.565. The summed E-state index contributed by atoms with van der Waals surface area (Å²) in [6.45, 7) is 16.7. The number of aliphatic hydroxyl groups excluding tert-OH is 2. The van der Waals surface area contributed by atoms with E-state index in [1.807, 2.05) is 6.92 Å². The van der Waals surface area contributed by atoms with Crippen molar-refractivity contribution >= 4 is 8.32 Å². The van der Waals surface area contributed by atoms with Crippen molar-refractivity contribution in [1.29, 1.82) is 0 Å². The van der Waals surface area contributed by atoms with Crippen LogP contribution in [0.1, 0.15) is 48.0 Å². The van der Waals surface area contributed by atoms with Gasteiger partial charge in [0, 0.05) is 12.0 Å². The fourth-order valence-electron chi connectivity index (χ4n) is 1.78. The van der Waals surface area contributed by atoms with Gasteiger partial charge in [0.1, 0.15) is 0 Å². The van der Waals surface area contributed by atoms with E-state index in [-0.39, 0.29) is 17.1 Å². The Morgan fingerprint density at radius 2 is 1.56 bits per heavy atom.